The minimum absolute atomic E-state index is 0.700. The Morgan fingerprint density at radius 2 is 2.00 bits per heavy atom. The Hall–Kier alpha value is -0.100. The highest BCUT2D eigenvalue weighted by Gasteiger charge is 2.08. The van der Waals surface area contributed by atoms with Crippen molar-refractivity contribution < 1.29 is 13.2 Å². The number of nitrogens with zero attached hydrogens (tertiary/aromatic N) is 1. The molecule has 14 heavy (non-hydrogen) atoms. The predicted octanol–water partition coefficient (Wildman–Crippen LogP) is 0.791. The number of halogens is 1. The third kappa shape index (κ3) is 5.59. The fourth-order valence-corrected chi connectivity index (χ4v) is 1.85. The van der Waals surface area contributed by atoms with Crippen LogP contribution in [0.1, 0.15) is 6.42 Å². The van der Waals surface area contributed by atoms with E-state index in [4.69, 9.17) is 15.4 Å². The molecule has 1 heterocycles. The van der Waals surface area contributed by atoms with Crippen molar-refractivity contribution in [1.82, 2.24) is 4.90 Å². The van der Waals surface area contributed by atoms with E-state index >= 15 is 0 Å². The molecular formula is C8H14ClNO3S. The van der Waals surface area contributed by atoms with Gasteiger partial charge in [0, 0.05) is 35.7 Å². The molecule has 0 bridgehead atoms. The molecule has 0 spiro atoms. The van der Waals surface area contributed by atoms with Gasteiger partial charge in [-0.25, -0.2) is 8.42 Å². The fourth-order valence-electron chi connectivity index (χ4n) is 1.26. The molecule has 1 fully saturated rings. The van der Waals surface area contributed by atoms with Crippen LogP contribution in [-0.2, 0) is 13.8 Å². The summed E-state index contributed by atoms with van der Waals surface area (Å²) in [6.45, 7) is 4.21. The molecular weight excluding hydrogens is 226 g/mol. The van der Waals surface area contributed by atoms with Crippen LogP contribution in [0.2, 0.25) is 0 Å². The van der Waals surface area contributed by atoms with E-state index in [1.54, 1.807) is 6.08 Å². The van der Waals surface area contributed by atoms with Crippen molar-refractivity contribution in [2.75, 3.05) is 32.8 Å². The Kier molecular flexibility index (Phi) is 4.88. The van der Waals surface area contributed by atoms with Gasteiger partial charge in [0.1, 0.15) is 0 Å². The van der Waals surface area contributed by atoms with Crippen LogP contribution >= 0.6 is 10.7 Å². The molecule has 0 atom stereocenters. The maximum Gasteiger partial charge on any atom is 0.254 e. The third-order valence-corrected chi connectivity index (χ3v) is 2.80. The quantitative estimate of drug-likeness (QED) is 0.681. The summed E-state index contributed by atoms with van der Waals surface area (Å²) in [7, 11) is 1.53. The van der Waals surface area contributed by atoms with Crippen LogP contribution in [0, 0.1) is 0 Å². The largest absolute Gasteiger partial charge is 0.379 e. The van der Waals surface area contributed by atoms with Crippen LogP contribution in [0.15, 0.2) is 11.5 Å². The third-order valence-electron chi connectivity index (χ3n) is 1.97. The van der Waals surface area contributed by atoms with Crippen molar-refractivity contribution in [3.63, 3.8) is 0 Å². The minimum atomic E-state index is -3.48. The number of ether oxygens (including phenoxy) is 1. The van der Waals surface area contributed by atoms with E-state index in [2.05, 4.69) is 4.90 Å². The number of rotatable bonds is 4. The van der Waals surface area contributed by atoms with Crippen LogP contribution in [0.5, 0.6) is 0 Å². The molecule has 1 rings (SSSR count). The van der Waals surface area contributed by atoms with Gasteiger partial charge in [0.05, 0.1) is 13.2 Å². The summed E-state index contributed by atoms with van der Waals surface area (Å²) < 4.78 is 26.2. The van der Waals surface area contributed by atoms with E-state index in [0.717, 1.165) is 38.3 Å². The van der Waals surface area contributed by atoms with E-state index < -0.39 is 9.05 Å². The molecule has 1 aliphatic rings. The van der Waals surface area contributed by atoms with Gasteiger partial charge in [0.15, 0.2) is 0 Å². The zero-order valence-electron chi connectivity index (χ0n) is 7.86. The van der Waals surface area contributed by atoms with Gasteiger partial charge in [-0.3, -0.25) is 4.90 Å². The highest BCUT2D eigenvalue weighted by molar-refractivity contribution is 8.16. The van der Waals surface area contributed by atoms with Gasteiger partial charge in [-0.15, -0.1) is 0 Å². The van der Waals surface area contributed by atoms with E-state index in [1.807, 2.05) is 0 Å². The summed E-state index contributed by atoms with van der Waals surface area (Å²) in [6.07, 6.45) is 2.28. The average molecular weight is 240 g/mol. The standard InChI is InChI=1S/C8H14ClNO3S/c9-14(11,12)8-2-1-3-10-4-6-13-7-5-10/h2,8H,1,3-7H2/b8-2-. The zero-order chi connectivity index (χ0) is 10.4. The van der Waals surface area contributed by atoms with Gasteiger partial charge < -0.3 is 4.74 Å². The van der Waals surface area contributed by atoms with Gasteiger partial charge >= 0.3 is 0 Å². The summed E-state index contributed by atoms with van der Waals surface area (Å²) in [5, 5.41) is 1.04. The topological polar surface area (TPSA) is 46.6 Å². The molecule has 0 amide bonds. The SMILES string of the molecule is O=S(=O)(Cl)/C=C\CCN1CCOCC1. The van der Waals surface area contributed by atoms with Crippen LogP contribution in [-0.4, -0.2) is 46.2 Å². The lowest BCUT2D eigenvalue weighted by Gasteiger charge is -2.25. The molecule has 82 valence electrons. The summed E-state index contributed by atoms with van der Waals surface area (Å²) in [5.74, 6) is 0. The van der Waals surface area contributed by atoms with E-state index in [-0.39, 0.29) is 0 Å². The highest BCUT2D eigenvalue weighted by atomic mass is 35.7. The van der Waals surface area contributed by atoms with Crippen molar-refractivity contribution in [2.24, 2.45) is 0 Å². The molecule has 0 N–H and O–H groups in total. The Bertz CT molecular complexity index is 283. The maximum atomic E-state index is 10.5. The molecule has 4 nitrogen and oxygen atoms in total. The molecule has 0 aliphatic carbocycles. The first-order chi connectivity index (χ1) is 6.58. The second-order valence-corrected chi connectivity index (χ2v) is 5.60. The molecule has 1 aliphatic heterocycles. The van der Waals surface area contributed by atoms with Crippen LogP contribution in [0.25, 0.3) is 0 Å². The van der Waals surface area contributed by atoms with Gasteiger partial charge in [-0.1, -0.05) is 6.08 Å². The Balaban J connectivity index is 2.17. The maximum absolute atomic E-state index is 10.5. The highest BCUT2D eigenvalue weighted by Crippen LogP contribution is 2.01. The summed E-state index contributed by atoms with van der Waals surface area (Å²) in [5.41, 5.74) is 0. The van der Waals surface area contributed by atoms with E-state index in [0.29, 0.717) is 6.42 Å². The van der Waals surface area contributed by atoms with Crippen molar-refractivity contribution in [2.45, 2.75) is 6.42 Å². The molecule has 6 heteroatoms. The monoisotopic (exact) mass is 239 g/mol. The van der Waals surface area contributed by atoms with Gasteiger partial charge in [-0.2, -0.15) is 0 Å². The van der Waals surface area contributed by atoms with Crippen molar-refractivity contribution in [3.05, 3.63) is 11.5 Å². The number of hydrogen-bond donors (Lipinski definition) is 0. The molecule has 0 aromatic heterocycles. The van der Waals surface area contributed by atoms with Gasteiger partial charge in [0.2, 0.25) is 0 Å². The zero-order valence-corrected chi connectivity index (χ0v) is 9.43. The normalized spacial score (nSPS) is 20.4. The van der Waals surface area contributed by atoms with E-state index in [9.17, 15) is 8.42 Å². The van der Waals surface area contributed by atoms with Gasteiger partial charge in [-0.05, 0) is 6.42 Å². The Morgan fingerprint density at radius 1 is 1.36 bits per heavy atom. The van der Waals surface area contributed by atoms with Crippen LogP contribution in [0.4, 0.5) is 0 Å². The van der Waals surface area contributed by atoms with Crippen molar-refractivity contribution in [3.8, 4) is 0 Å². The summed E-state index contributed by atoms with van der Waals surface area (Å²) in [4.78, 5) is 2.23. The second kappa shape index (κ2) is 5.70. The Labute approximate surface area is 88.9 Å². The van der Waals surface area contributed by atoms with E-state index in [1.165, 1.54) is 0 Å². The summed E-state index contributed by atoms with van der Waals surface area (Å²) in [6, 6.07) is 0. The first-order valence-corrected chi connectivity index (χ1v) is 6.86. The molecule has 0 saturated carbocycles. The molecule has 0 unspecified atom stereocenters. The Morgan fingerprint density at radius 3 is 2.57 bits per heavy atom. The van der Waals surface area contributed by atoms with Crippen molar-refractivity contribution in [1.29, 1.82) is 0 Å². The van der Waals surface area contributed by atoms with Gasteiger partial charge in [0.25, 0.3) is 9.05 Å². The first-order valence-electron chi connectivity index (χ1n) is 4.49. The smallest absolute Gasteiger partial charge is 0.254 e. The fraction of sp³-hybridized carbons (Fsp3) is 0.750. The number of morpholine rings is 1. The van der Waals surface area contributed by atoms with Crippen LogP contribution in [0.3, 0.4) is 0 Å². The molecule has 0 radical (unpaired) electrons. The predicted molar refractivity (Wildman–Crippen MR) is 55.8 cm³/mol. The minimum Gasteiger partial charge on any atom is -0.379 e. The van der Waals surface area contributed by atoms with Crippen LogP contribution < -0.4 is 0 Å². The molecule has 0 aromatic rings. The number of hydrogen-bond acceptors (Lipinski definition) is 4. The second-order valence-electron chi connectivity index (χ2n) is 3.09. The average Bonchev–Trinajstić information content (AvgIpc) is 2.13. The first kappa shape index (κ1) is 12.0. The van der Waals surface area contributed by atoms with Crippen molar-refractivity contribution >= 4 is 19.7 Å². The lowest BCUT2D eigenvalue weighted by Crippen LogP contribution is -2.36. The summed E-state index contributed by atoms with van der Waals surface area (Å²) >= 11 is 0. The molecule has 0 aromatic carbocycles. The lowest BCUT2D eigenvalue weighted by molar-refractivity contribution is 0.0387. The molecule has 1 saturated heterocycles. The lowest BCUT2D eigenvalue weighted by atomic mass is 10.3.